The van der Waals surface area contributed by atoms with Crippen LogP contribution in [0.5, 0.6) is 0 Å². The Morgan fingerprint density at radius 1 is 1.40 bits per heavy atom. The Hall–Kier alpha value is -0.570. The molecule has 88 valence electrons. The molecular formula is C12H24N2O. The van der Waals surface area contributed by atoms with Gasteiger partial charge in [-0.15, -0.1) is 0 Å². The van der Waals surface area contributed by atoms with Crippen molar-refractivity contribution in [2.24, 2.45) is 5.92 Å². The van der Waals surface area contributed by atoms with E-state index < -0.39 is 0 Å². The highest BCUT2D eigenvalue weighted by Crippen LogP contribution is 2.18. The topological polar surface area (TPSA) is 41.1 Å². The molecule has 2 N–H and O–H groups in total. The summed E-state index contributed by atoms with van der Waals surface area (Å²) in [7, 11) is 0. The normalized spacial score (nSPS) is 19.7. The van der Waals surface area contributed by atoms with Crippen molar-refractivity contribution in [3.63, 3.8) is 0 Å². The van der Waals surface area contributed by atoms with E-state index in [0.29, 0.717) is 18.6 Å². The average molecular weight is 212 g/mol. The molecule has 2 unspecified atom stereocenters. The molecule has 0 spiro atoms. The van der Waals surface area contributed by atoms with Crippen molar-refractivity contribution in [1.82, 2.24) is 10.6 Å². The van der Waals surface area contributed by atoms with Gasteiger partial charge in [0.25, 0.3) is 0 Å². The highest BCUT2D eigenvalue weighted by Gasteiger charge is 2.23. The smallest absolute Gasteiger partial charge is 0.234 e. The van der Waals surface area contributed by atoms with Crippen LogP contribution in [0.4, 0.5) is 0 Å². The van der Waals surface area contributed by atoms with Crippen LogP contribution in [0.25, 0.3) is 0 Å². The van der Waals surface area contributed by atoms with E-state index in [9.17, 15) is 4.79 Å². The first-order valence-corrected chi connectivity index (χ1v) is 6.14. The summed E-state index contributed by atoms with van der Waals surface area (Å²) in [6.45, 7) is 7.07. The Bertz CT molecular complexity index is 202. The number of carbonyl (C=O) groups is 1. The summed E-state index contributed by atoms with van der Waals surface area (Å²) in [4.78, 5) is 11.4. The zero-order chi connectivity index (χ0) is 11.3. The molecule has 3 heteroatoms. The van der Waals surface area contributed by atoms with Gasteiger partial charge in [0.05, 0.1) is 6.54 Å². The fourth-order valence-electron chi connectivity index (χ4n) is 1.63. The van der Waals surface area contributed by atoms with Crippen LogP contribution in [0.1, 0.15) is 46.5 Å². The quantitative estimate of drug-likeness (QED) is 0.674. The van der Waals surface area contributed by atoms with E-state index in [2.05, 4.69) is 31.4 Å². The van der Waals surface area contributed by atoms with E-state index in [1.807, 2.05) is 0 Å². The Morgan fingerprint density at radius 3 is 2.60 bits per heavy atom. The lowest BCUT2D eigenvalue weighted by atomic mass is 10.0. The summed E-state index contributed by atoms with van der Waals surface area (Å²) in [5.41, 5.74) is 0. The zero-order valence-electron chi connectivity index (χ0n) is 10.2. The first-order chi connectivity index (χ1) is 7.11. The fraction of sp³-hybridized carbons (Fsp3) is 0.917. The van der Waals surface area contributed by atoms with Gasteiger partial charge in [-0.1, -0.05) is 20.3 Å². The summed E-state index contributed by atoms with van der Waals surface area (Å²) in [5.74, 6) is 0.882. The first kappa shape index (κ1) is 12.5. The van der Waals surface area contributed by atoms with E-state index in [-0.39, 0.29) is 5.91 Å². The van der Waals surface area contributed by atoms with Gasteiger partial charge in [-0.25, -0.2) is 0 Å². The van der Waals surface area contributed by atoms with E-state index in [0.717, 1.165) is 25.2 Å². The Balaban J connectivity index is 2.04. The SMILES string of the molecule is CCC(C)CC(C)NCC(=O)NC1CC1. The molecule has 1 amide bonds. The maximum absolute atomic E-state index is 11.4. The van der Waals surface area contributed by atoms with Crippen LogP contribution >= 0.6 is 0 Å². The van der Waals surface area contributed by atoms with Crippen molar-refractivity contribution in [3.8, 4) is 0 Å². The Morgan fingerprint density at radius 2 is 2.07 bits per heavy atom. The molecule has 1 aliphatic carbocycles. The molecule has 0 aromatic heterocycles. The van der Waals surface area contributed by atoms with Gasteiger partial charge < -0.3 is 10.6 Å². The van der Waals surface area contributed by atoms with E-state index in [1.54, 1.807) is 0 Å². The molecule has 0 aliphatic heterocycles. The van der Waals surface area contributed by atoms with Crippen molar-refractivity contribution in [3.05, 3.63) is 0 Å². The third kappa shape index (κ3) is 5.78. The standard InChI is InChI=1S/C12H24N2O/c1-4-9(2)7-10(3)13-8-12(15)14-11-5-6-11/h9-11,13H,4-8H2,1-3H3,(H,14,15). The van der Waals surface area contributed by atoms with Gasteiger partial charge in [0.2, 0.25) is 5.91 Å². The lowest BCUT2D eigenvalue weighted by Crippen LogP contribution is -2.39. The minimum Gasteiger partial charge on any atom is -0.352 e. The maximum atomic E-state index is 11.4. The summed E-state index contributed by atoms with van der Waals surface area (Å²) in [5, 5.41) is 6.24. The predicted octanol–water partition coefficient (Wildman–Crippen LogP) is 1.68. The number of amides is 1. The maximum Gasteiger partial charge on any atom is 0.234 e. The van der Waals surface area contributed by atoms with E-state index in [4.69, 9.17) is 0 Å². The van der Waals surface area contributed by atoms with Crippen LogP contribution < -0.4 is 10.6 Å². The lowest BCUT2D eigenvalue weighted by molar-refractivity contribution is -0.120. The number of rotatable bonds is 7. The van der Waals surface area contributed by atoms with Gasteiger partial charge in [0, 0.05) is 12.1 Å². The molecule has 0 saturated heterocycles. The second kappa shape index (κ2) is 6.11. The van der Waals surface area contributed by atoms with Gasteiger partial charge in [-0.3, -0.25) is 4.79 Å². The minimum atomic E-state index is 0.147. The third-order valence-corrected chi connectivity index (χ3v) is 3.01. The van der Waals surface area contributed by atoms with Gasteiger partial charge in [0.15, 0.2) is 0 Å². The van der Waals surface area contributed by atoms with Crippen LogP contribution in [0, 0.1) is 5.92 Å². The monoisotopic (exact) mass is 212 g/mol. The molecule has 0 heterocycles. The van der Waals surface area contributed by atoms with Crippen molar-refractivity contribution in [1.29, 1.82) is 0 Å². The van der Waals surface area contributed by atoms with Crippen LogP contribution in [0.15, 0.2) is 0 Å². The van der Waals surface area contributed by atoms with Gasteiger partial charge >= 0.3 is 0 Å². The Kier molecular flexibility index (Phi) is 5.09. The van der Waals surface area contributed by atoms with Gasteiger partial charge in [-0.2, -0.15) is 0 Å². The molecule has 0 aromatic carbocycles. The molecule has 1 rings (SSSR count). The zero-order valence-corrected chi connectivity index (χ0v) is 10.2. The number of nitrogens with one attached hydrogen (secondary N) is 2. The van der Waals surface area contributed by atoms with Crippen LogP contribution in [-0.2, 0) is 4.79 Å². The average Bonchev–Trinajstić information content (AvgIpc) is 2.98. The summed E-state index contributed by atoms with van der Waals surface area (Å²) < 4.78 is 0. The molecule has 2 atom stereocenters. The second-order valence-electron chi connectivity index (χ2n) is 4.87. The molecule has 0 aromatic rings. The Labute approximate surface area is 93.0 Å². The molecular weight excluding hydrogens is 188 g/mol. The third-order valence-electron chi connectivity index (χ3n) is 3.01. The van der Waals surface area contributed by atoms with Crippen molar-refractivity contribution < 1.29 is 4.79 Å². The van der Waals surface area contributed by atoms with Crippen LogP contribution in [-0.4, -0.2) is 24.5 Å². The van der Waals surface area contributed by atoms with Crippen LogP contribution in [0.3, 0.4) is 0 Å². The number of carbonyl (C=O) groups excluding carboxylic acids is 1. The molecule has 1 saturated carbocycles. The predicted molar refractivity (Wildman–Crippen MR) is 62.7 cm³/mol. The van der Waals surface area contributed by atoms with Gasteiger partial charge in [0.1, 0.15) is 0 Å². The van der Waals surface area contributed by atoms with Gasteiger partial charge in [-0.05, 0) is 32.1 Å². The summed E-state index contributed by atoms with van der Waals surface area (Å²) in [6.07, 6.45) is 4.68. The summed E-state index contributed by atoms with van der Waals surface area (Å²) in [6, 6.07) is 0.911. The van der Waals surface area contributed by atoms with Crippen LogP contribution in [0.2, 0.25) is 0 Å². The summed E-state index contributed by atoms with van der Waals surface area (Å²) >= 11 is 0. The molecule has 3 nitrogen and oxygen atoms in total. The van der Waals surface area contributed by atoms with Crippen molar-refractivity contribution >= 4 is 5.91 Å². The van der Waals surface area contributed by atoms with E-state index >= 15 is 0 Å². The second-order valence-corrected chi connectivity index (χ2v) is 4.87. The molecule has 1 aliphatic rings. The highest BCUT2D eigenvalue weighted by molar-refractivity contribution is 5.78. The molecule has 15 heavy (non-hydrogen) atoms. The largest absolute Gasteiger partial charge is 0.352 e. The first-order valence-electron chi connectivity index (χ1n) is 6.14. The number of hydrogen-bond acceptors (Lipinski definition) is 2. The van der Waals surface area contributed by atoms with Crippen molar-refractivity contribution in [2.45, 2.75) is 58.5 Å². The minimum absolute atomic E-state index is 0.147. The molecule has 0 bridgehead atoms. The number of hydrogen-bond donors (Lipinski definition) is 2. The van der Waals surface area contributed by atoms with E-state index in [1.165, 1.54) is 6.42 Å². The fourth-order valence-corrected chi connectivity index (χ4v) is 1.63. The molecule has 0 radical (unpaired) electrons. The lowest BCUT2D eigenvalue weighted by Gasteiger charge is -2.17. The highest BCUT2D eigenvalue weighted by atomic mass is 16.2. The molecule has 1 fully saturated rings. The van der Waals surface area contributed by atoms with Crippen molar-refractivity contribution in [2.75, 3.05) is 6.54 Å².